The van der Waals surface area contributed by atoms with Gasteiger partial charge < -0.3 is 15.4 Å². The Bertz CT molecular complexity index is 644. The highest BCUT2D eigenvalue weighted by Crippen LogP contribution is 2.10. The van der Waals surface area contributed by atoms with Crippen LogP contribution in [0.5, 0.6) is 0 Å². The van der Waals surface area contributed by atoms with E-state index in [9.17, 15) is 4.79 Å². The number of nitrogens with one attached hydrogen (secondary N) is 1. The molecule has 0 unspecified atom stereocenters. The van der Waals surface area contributed by atoms with Crippen LogP contribution >= 0.6 is 0 Å². The Morgan fingerprint density at radius 3 is 2.15 bits per heavy atom. The monoisotopic (exact) mass is 353 g/mol. The molecule has 26 heavy (non-hydrogen) atoms. The van der Waals surface area contributed by atoms with Crippen LogP contribution < -0.4 is 10.8 Å². The van der Waals surface area contributed by atoms with Crippen molar-refractivity contribution in [3.05, 3.63) is 65.7 Å². The Kier molecular flexibility index (Phi) is 8.94. The van der Waals surface area contributed by atoms with Crippen molar-refractivity contribution in [2.24, 2.45) is 0 Å². The second-order valence-corrected chi connectivity index (χ2v) is 6.65. The zero-order chi connectivity index (χ0) is 18.6. The van der Waals surface area contributed by atoms with Crippen LogP contribution in [0, 0.1) is 0 Å². The lowest BCUT2D eigenvalue weighted by Gasteiger charge is -2.07. The lowest BCUT2D eigenvalue weighted by molar-refractivity contribution is -0.121. The number of rotatable bonds is 11. The molecule has 0 bridgehead atoms. The van der Waals surface area contributed by atoms with Gasteiger partial charge in [0.05, 0.1) is 0 Å². The van der Waals surface area contributed by atoms with Gasteiger partial charge in [0.25, 0.3) is 0 Å². The molecule has 0 atom stereocenters. The second-order valence-electron chi connectivity index (χ2n) is 6.65. The van der Waals surface area contributed by atoms with Gasteiger partial charge in [-0.15, -0.1) is 0 Å². The Balaban J connectivity index is 1.49. The topological polar surface area (TPSA) is 69.6 Å². The average molecular weight is 353 g/mol. The summed E-state index contributed by atoms with van der Waals surface area (Å²) in [4.78, 5) is 11.9. The largest absolute Gasteiger partial charge is 0.488 e. The number of hydrogen-bond acceptors (Lipinski definition) is 3. The van der Waals surface area contributed by atoms with Crippen molar-refractivity contribution in [1.82, 2.24) is 5.32 Å². The molecule has 0 saturated carbocycles. The molecule has 1 amide bonds. The highest BCUT2D eigenvalue weighted by atomic mass is 16.4. The van der Waals surface area contributed by atoms with Gasteiger partial charge in [0.15, 0.2) is 0 Å². The molecule has 0 radical (unpaired) electrons. The fraction of sp³-hybridized carbons (Fsp3) is 0.381. The zero-order valence-corrected chi connectivity index (χ0v) is 15.2. The highest BCUT2D eigenvalue weighted by molar-refractivity contribution is 6.58. The molecule has 0 aliphatic rings. The van der Waals surface area contributed by atoms with E-state index in [-0.39, 0.29) is 5.91 Å². The number of benzene rings is 2. The van der Waals surface area contributed by atoms with Crippen LogP contribution in [0.3, 0.4) is 0 Å². The summed E-state index contributed by atoms with van der Waals surface area (Å²) >= 11 is 0. The van der Waals surface area contributed by atoms with Crippen molar-refractivity contribution in [1.29, 1.82) is 0 Å². The van der Waals surface area contributed by atoms with Crippen molar-refractivity contribution in [3.8, 4) is 0 Å². The minimum Gasteiger partial charge on any atom is -0.423 e. The first-order valence-corrected chi connectivity index (χ1v) is 9.41. The smallest absolute Gasteiger partial charge is 0.423 e. The molecule has 2 aromatic carbocycles. The first-order valence-electron chi connectivity index (χ1n) is 9.41. The summed E-state index contributed by atoms with van der Waals surface area (Å²) in [6, 6.07) is 17.4. The maximum atomic E-state index is 11.9. The molecule has 0 heterocycles. The SMILES string of the molecule is O=C(CCCCCCCc1ccccc1)NCc1ccc(B(O)O)cc1. The predicted molar refractivity (Wildman–Crippen MR) is 106 cm³/mol. The number of unbranched alkanes of at least 4 members (excludes halogenated alkanes) is 4. The zero-order valence-electron chi connectivity index (χ0n) is 15.2. The van der Waals surface area contributed by atoms with Gasteiger partial charge in [-0.1, -0.05) is 73.9 Å². The van der Waals surface area contributed by atoms with Crippen molar-refractivity contribution >= 4 is 18.5 Å². The number of carbonyl (C=O) groups is 1. The van der Waals surface area contributed by atoms with Gasteiger partial charge in [0.2, 0.25) is 5.91 Å². The molecular formula is C21H28BNO3. The quantitative estimate of drug-likeness (QED) is 0.430. The van der Waals surface area contributed by atoms with E-state index in [2.05, 4.69) is 29.6 Å². The molecular weight excluding hydrogens is 325 g/mol. The lowest BCUT2D eigenvalue weighted by Crippen LogP contribution is -2.29. The maximum absolute atomic E-state index is 11.9. The second kappa shape index (κ2) is 11.5. The van der Waals surface area contributed by atoms with Crippen molar-refractivity contribution in [3.63, 3.8) is 0 Å². The molecule has 0 aliphatic heterocycles. The molecule has 138 valence electrons. The first-order chi connectivity index (χ1) is 12.6. The van der Waals surface area contributed by atoms with Crippen LogP contribution in [-0.2, 0) is 17.8 Å². The Morgan fingerprint density at radius 2 is 1.46 bits per heavy atom. The van der Waals surface area contributed by atoms with Crippen LogP contribution in [-0.4, -0.2) is 23.1 Å². The van der Waals surface area contributed by atoms with Crippen LogP contribution in [0.1, 0.15) is 49.7 Å². The summed E-state index contributed by atoms with van der Waals surface area (Å²) in [7, 11) is -1.45. The van der Waals surface area contributed by atoms with E-state index < -0.39 is 7.12 Å². The summed E-state index contributed by atoms with van der Waals surface area (Å²) in [6.45, 7) is 0.470. The molecule has 0 aromatic heterocycles. The predicted octanol–water partition coefficient (Wildman–Crippen LogP) is 2.57. The molecule has 5 heteroatoms. The van der Waals surface area contributed by atoms with Crippen molar-refractivity contribution in [2.45, 2.75) is 51.5 Å². The highest BCUT2D eigenvalue weighted by Gasteiger charge is 2.09. The summed E-state index contributed by atoms with van der Waals surface area (Å²) in [6.07, 6.45) is 7.29. The summed E-state index contributed by atoms with van der Waals surface area (Å²) in [5, 5.41) is 21.0. The third-order valence-electron chi connectivity index (χ3n) is 4.48. The van der Waals surface area contributed by atoms with Crippen molar-refractivity contribution < 1.29 is 14.8 Å². The average Bonchev–Trinajstić information content (AvgIpc) is 2.66. The van der Waals surface area contributed by atoms with E-state index in [1.807, 2.05) is 6.07 Å². The fourth-order valence-electron chi connectivity index (χ4n) is 2.89. The minimum atomic E-state index is -1.45. The fourth-order valence-corrected chi connectivity index (χ4v) is 2.89. The van der Waals surface area contributed by atoms with Gasteiger partial charge in [-0.3, -0.25) is 4.79 Å². The van der Waals surface area contributed by atoms with E-state index in [0.717, 1.165) is 24.8 Å². The summed E-state index contributed by atoms with van der Waals surface area (Å²) in [5.41, 5.74) is 2.80. The Labute approximate surface area is 156 Å². The van der Waals surface area contributed by atoms with Crippen LogP contribution in [0.15, 0.2) is 54.6 Å². The molecule has 3 N–H and O–H groups in total. The first kappa shape index (κ1) is 20.2. The van der Waals surface area contributed by atoms with Gasteiger partial charge >= 0.3 is 7.12 Å². The summed E-state index contributed by atoms with van der Waals surface area (Å²) < 4.78 is 0. The molecule has 4 nitrogen and oxygen atoms in total. The maximum Gasteiger partial charge on any atom is 0.488 e. The molecule has 2 rings (SSSR count). The van der Waals surface area contributed by atoms with Gasteiger partial charge in [-0.2, -0.15) is 0 Å². The standard InChI is InChI=1S/C21H28BNO3/c24-21(23-17-19-13-15-20(16-14-19)22(25)26)12-8-3-1-2-5-9-18-10-6-4-7-11-18/h4,6-7,10-11,13-16,25-26H,1-3,5,8-9,12,17H2,(H,23,24). The Morgan fingerprint density at radius 1 is 0.808 bits per heavy atom. The molecule has 0 aliphatic carbocycles. The van der Waals surface area contributed by atoms with Crippen LogP contribution in [0.4, 0.5) is 0 Å². The van der Waals surface area contributed by atoms with Crippen LogP contribution in [0.2, 0.25) is 0 Å². The van der Waals surface area contributed by atoms with E-state index in [1.54, 1.807) is 24.3 Å². The van der Waals surface area contributed by atoms with E-state index in [1.165, 1.54) is 24.8 Å². The van der Waals surface area contributed by atoms with E-state index in [0.29, 0.717) is 18.4 Å². The molecule has 0 saturated heterocycles. The number of aryl methyl sites for hydroxylation is 1. The number of carbonyl (C=O) groups excluding carboxylic acids is 1. The number of amides is 1. The molecule has 2 aromatic rings. The summed E-state index contributed by atoms with van der Waals surface area (Å²) in [5.74, 6) is 0.0700. The van der Waals surface area contributed by atoms with Crippen molar-refractivity contribution in [2.75, 3.05) is 0 Å². The van der Waals surface area contributed by atoms with Gasteiger partial charge in [-0.25, -0.2) is 0 Å². The lowest BCUT2D eigenvalue weighted by atomic mass is 9.80. The third kappa shape index (κ3) is 7.85. The third-order valence-corrected chi connectivity index (χ3v) is 4.48. The van der Waals surface area contributed by atoms with Gasteiger partial charge in [0, 0.05) is 13.0 Å². The normalized spacial score (nSPS) is 10.5. The van der Waals surface area contributed by atoms with Gasteiger partial charge in [-0.05, 0) is 35.9 Å². The van der Waals surface area contributed by atoms with E-state index in [4.69, 9.17) is 10.0 Å². The molecule has 0 fully saturated rings. The Hall–Kier alpha value is -2.11. The number of hydrogen-bond donors (Lipinski definition) is 3. The van der Waals surface area contributed by atoms with Gasteiger partial charge in [0.1, 0.15) is 0 Å². The molecule has 0 spiro atoms. The minimum absolute atomic E-state index is 0.0700. The van der Waals surface area contributed by atoms with E-state index >= 15 is 0 Å². The van der Waals surface area contributed by atoms with Crippen LogP contribution in [0.25, 0.3) is 0 Å².